The Morgan fingerprint density at radius 2 is 1.96 bits per heavy atom. The molecule has 0 unspecified atom stereocenters. The van der Waals surface area contributed by atoms with E-state index in [1.54, 1.807) is 24.3 Å². The Bertz CT molecular complexity index is 871. The molecule has 1 N–H and O–H groups in total. The maximum absolute atomic E-state index is 13.5. The molecule has 0 bridgehead atoms. The van der Waals surface area contributed by atoms with Gasteiger partial charge in [0.15, 0.2) is 0 Å². The zero-order chi connectivity index (χ0) is 20.3. The molecule has 3 rings (SSSR count). The zero-order valence-electron chi connectivity index (χ0n) is 15.4. The average Bonchev–Trinajstić information content (AvgIpc) is 2.66. The molecule has 0 aromatic heterocycles. The lowest BCUT2D eigenvalue weighted by Gasteiger charge is -2.37. The maximum Gasteiger partial charge on any atom is 0.227 e. The number of amides is 1. The third-order valence-electron chi connectivity index (χ3n) is 5.25. The van der Waals surface area contributed by atoms with Crippen molar-refractivity contribution < 1.29 is 13.9 Å². The van der Waals surface area contributed by atoms with Crippen LogP contribution in [0.15, 0.2) is 40.9 Å². The first-order chi connectivity index (χ1) is 13.3. The Morgan fingerprint density at radius 1 is 1.25 bits per heavy atom. The number of nitrogens with one attached hydrogen (secondary N) is 1. The largest absolute Gasteiger partial charge is 0.381 e. The van der Waals surface area contributed by atoms with E-state index in [0.29, 0.717) is 47.0 Å². The van der Waals surface area contributed by atoms with Gasteiger partial charge in [-0.05, 0) is 67.6 Å². The van der Waals surface area contributed by atoms with Gasteiger partial charge in [0, 0.05) is 27.7 Å². The highest BCUT2D eigenvalue weighted by Crippen LogP contribution is 2.38. The van der Waals surface area contributed by atoms with Crippen LogP contribution < -0.4 is 5.32 Å². The number of hydrogen-bond donors (Lipinski definition) is 1. The van der Waals surface area contributed by atoms with Crippen molar-refractivity contribution in [1.82, 2.24) is 5.32 Å². The fraction of sp³-hybridized carbons (Fsp3) is 0.381. The molecule has 150 valence electrons. The summed E-state index contributed by atoms with van der Waals surface area (Å²) in [4.78, 5) is 13.4. The second kappa shape index (κ2) is 9.12. The molecule has 0 saturated carbocycles. The van der Waals surface area contributed by atoms with E-state index in [9.17, 15) is 9.18 Å². The fourth-order valence-corrected chi connectivity index (χ4v) is 4.50. The van der Waals surface area contributed by atoms with Crippen LogP contribution in [0.25, 0.3) is 0 Å². The Balaban J connectivity index is 1.84. The van der Waals surface area contributed by atoms with Crippen molar-refractivity contribution in [2.24, 2.45) is 5.41 Å². The first kappa shape index (κ1) is 21.6. The first-order valence-corrected chi connectivity index (χ1v) is 10.6. The van der Waals surface area contributed by atoms with Crippen LogP contribution in [-0.2, 0) is 16.0 Å². The summed E-state index contributed by atoms with van der Waals surface area (Å²) in [6, 6.07) is 9.47. The molecule has 1 aliphatic heterocycles. The summed E-state index contributed by atoms with van der Waals surface area (Å²) in [6.07, 6.45) is 1.69. The van der Waals surface area contributed by atoms with E-state index in [0.717, 1.165) is 11.1 Å². The van der Waals surface area contributed by atoms with Gasteiger partial charge in [-0.2, -0.15) is 0 Å². The van der Waals surface area contributed by atoms with Gasteiger partial charge >= 0.3 is 0 Å². The van der Waals surface area contributed by atoms with Gasteiger partial charge in [0.05, 0.1) is 11.5 Å². The van der Waals surface area contributed by atoms with Crippen molar-refractivity contribution in [1.29, 1.82) is 0 Å². The van der Waals surface area contributed by atoms with Crippen molar-refractivity contribution >= 4 is 45.0 Å². The minimum absolute atomic E-state index is 0.0597. The second-order valence-electron chi connectivity index (χ2n) is 7.17. The predicted octanol–water partition coefficient (Wildman–Crippen LogP) is 6.11. The number of carbonyl (C=O) groups is 1. The Morgan fingerprint density at radius 3 is 2.64 bits per heavy atom. The monoisotopic (exact) mass is 487 g/mol. The van der Waals surface area contributed by atoms with Gasteiger partial charge in [0.2, 0.25) is 5.91 Å². The number of carbonyl (C=O) groups excluding carboxylic acids is 1. The normalized spacial score (nSPS) is 17.2. The van der Waals surface area contributed by atoms with Crippen LogP contribution in [0, 0.1) is 11.2 Å². The number of halogens is 4. The molecular weight excluding hydrogens is 468 g/mol. The lowest BCUT2D eigenvalue weighted by molar-refractivity contribution is -0.137. The maximum atomic E-state index is 13.5. The lowest BCUT2D eigenvalue weighted by Crippen LogP contribution is -2.46. The summed E-state index contributed by atoms with van der Waals surface area (Å²) in [5, 5.41) is 4.22. The van der Waals surface area contributed by atoms with E-state index >= 15 is 0 Å². The molecule has 0 radical (unpaired) electrons. The van der Waals surface area contributed by atoms with Gasteiger partial charge < -0.3 is 10.1 Å². The number of benzene rings is 2. The minimum atomic E-state index is -0.627. The summed E-state index contributed by atoms with van der Waals surface area (Å²) in [5.74, 6) is -0.374. The first-order valence-electron chi connectivity index (χ1n) is 9.08. The van der Waals surface area contributed by atoms with Crippen molar-refractivity contribution in [2.75, 3.05) is 13.2 Å². The molecule has 28 heavy (non-hydrogen) atoms. The van der Waals surface area contributed by atoms with Crippen LogP contribution in [0.3, 0.4) is 0 Å². The molecule has 3 nitrogen and oxygen atoms in total. The van der Waals surface area contributed by atoms with Gasteiger partial charge in [-0.3, -0.25) is 4.79 Å². The Hall–Kier alpha value is -1.14. The van der Waals surface area contributed by atoms with Crippen molar-refractivity contribution in [3.05, 3.63) is 67.9 Å². The lowest BCUT2D eigenvalue weighted by atomic mass is 9.74. The van der Waals surface area contributed by atoms with Gasteiger partial charge in [-0.25, -0.2) is 4.39 Å². The highest BCUT2D eigenvalue weighted by Gasteiger charge is 2.41. The average molecular weight is 489 g/mol. The second-order valence-corrected chi connectivity index (χ2v) is 8.86. The van der Waals surface area contributed by atoms with Crippen molar-refractivity contribution in [3.8, 4) is 0 Å². The predicted molar refractivity (Wildman–Crippen MR) is 113 cm³/mol. The van der Waals surface area contributed by atoms with Crippen LogP contribution in [0.5, 0.6) is 0 Å². The summed E-state index contributed by atoms with van der Waals surface area (Å²) in [5.41, 5.74) is 1.04. The Kier molecular flexibility index (Phi) is 7.02. The molecule has 0 aliphatic carbocycles. The summed E-state index contributed by atoms with van der Waals surface area (Å²) >= 11 is 15.8. The Labute approximate surface area is 182 Å². The molecule has 1 atom stereocenters. The quantitative estimate of drug-likeness (QED) is 0.551. The molecule has 7 heteroatoms. The molecular formula is C21H21BrCl2FNO2. The fourth-order valence-electron chi connectivity index (χ4n) is 3.55. The van der Waals surface area contributed by atoms with E-state index in [1.807, 2.05) is 6.92 Å². The van der Waals surface area contributed by atoms with E-state index in [1.165, 1.54) is 12.1 Å². The summed E-state index contributed by atoms with van der Waals surface area (Å²) < 4.78 is 19.6. The van der Waals surface area contributed by atoms with Crippen molar-refractivity contribution in [2.45, 2.75) is 32.2 Å². The third kappa shape index (κ3) is 4.88. The van der Waals surface area contributed by atoms with Crippen molar-refractivity contribution in [3.63, 3.8) is 0 Å². The summed E-state index contributed by atoms with van der Waals surface area (Å²) in [7, 11) is 0. The molecule has 0 spiro atoms. The van der Waals surface area contributed by atoms with Crippen LogP contribution in [0.2, 0.25) is 10.0 Å². The number of ether oxygens (including phenoxy) is 1. The van der Waals surface area contributed by atoms with Gasteiger partial charge in [0.25, 0.3) is 0 Å². The topological polar surface area (TPSA) is 38.3 Å². The van der Waals surface area contributed by atoms with Crippen LogP contribution in [-0.4, -0.2) is 19.1 Å². The van der Waals surface area contributed by atoms with Crippen LogP contribution in [0.1, 0.15) is 36.9 Å². The molecule has 2 aromatic carbocycles. The molecule has 1 aliphatic rings. The smallest absolute Gasteiger partial charge is 0.227 e. The van der Waals surface area contributed by atoms with E-state index in [-0.39, 0.29) is 17.8 Å². The number of hydrogen-bond acceptors (Lipinski definition) is 2. The third-order valence-corrected chi connectivity index (χ3v) is 6.57. The van der Waals surface area contributed by atoms with Crippen LogP contribution >= 0.6 is 39.1 Å². The van der Waals surface area contributed by atoms with E-state index in [4.69, 9.17) is 27.9 Å². The molecule has 1 saturated heterocycles. The van der Waals surface area contributed by atoms with Gasteiger partial charge in [0.1, 0.15) is 5.82 Å². The van der Waals surface area contributed by atoms with E-state index in [2.05, 4.69) is 21.2 Å². The molecule has 1 heterocycles. The van der Waals surface area contributed by atoms with E-state index < -0.39 is 5.41 Å². The minimum Gasteiger partial charge on any atom is -0.381 e. The van der Waals surface area contributed by atoms with Gasteiger partial charge in [-0.1, -0.05) is 45.2 Å². The molecule has 2 aromatic rings. The SMILES string of the molecule is C[C@@H](NC(=O)C1(Cc2ccc(F)cc2Br)CCOCC1)c1cc(Cl)ccc1Cl. The number of rotatable bonds is 5. The highest BCUT2D eigenvalue weighted by atomic mass is 79.9. The van der Waals surface area contributed by atoms with Gasteiger partial charge in [-0.15, -0.1) is 0 Å². The highest BCUT2D eigenvalue weighted by molar-refractivity contribution is 9.10. The van der Waals surface area contributed by atoms with Crippen LogP contribution in [0.4, 0.5) is 4.39 Å². The standard InChI is InChI=1S/C21H21BrCl2FNO2/c1-13(17-10-15(23)3-5-19(17)24)26-20(27)21(6-8-28-9-7-21)12-14-2-4-16(25)11-18(14)22/h2-5,10-11,13H,6-9,12H2,1H3,(H,26,27)/t13-/m1/s1. The molecule has 1 amide bonds. The summed E-state index contributed by atoms with van der Waals surface area (Å²) in [6.45, 7) is 2.91. The zero-order valence-corrected chi connectivity index (χ0v) is 18.5. The molecule has 1 fully saturated rings.